The van der Waals surface area contributed by atoms with Crippen LogP contribution in [0, 0.1) is 6.92 Å². The molecule has 1 aromatic rings. The molecule has 0 radical (unpaired) electrons. The molecular weight excluding hydrogens is 198 g/mol. The van der Waals surface area contributed by atoms with E-state index in [4.69, 9.17) is 4.74 Å². The minimum atomic E-state index is -0.243. The molecular formula is C10H15NO2S. The van der Waals surface area contributed by atoms with E-state index in [0.717, 1.165) is 16.4 Å². The van der Waals surface area contributed by atoms with Gasteiger partial charge in [-0.15, -0.1) is 11.3 Å². The number of ether oxygens (including phenoxy) is 1. The summed E-state index contributed by atoms with van der Waals surface area (Å²) in [5, 5.41) is 4.06. The van der Waals surface area contributed by atoms with Gasteiger partial charge in [-0.2, -0.15) is 0 Å². The lowest BCUT2D eigenvalue weighted by molar-refractivity contribution is 0.0528. The van der Waals surface area contributed by atoms with Crippen molar-refractivity contribution in [2.45, 2.75) is 20.8 Å². The minimum Gasteiger partial charge on any atom is -0.462 e. The van der Waals surface area contributed by atoms with Gasteiger partial charge >= 0.3 is 5.97 Å². The van der Waals surface area contributed by atoms with Gasteiger partial charge in [-0.05, 0) is 26.8 Å². The van der Waals surface area contributed by atoms with Gasteiger partial charge in [0.2, 0.25) is 0 Å². The number of rotatable bonds is 4. The summed E-state index contributed by atoms with van der Waals surface area (Å²) in [6, 6.07) is 1.86. The summed E-state index contributed by atoms with van der Waals surface area (Å²) in [6.07, 6.45) is 0. The molecule has 1 rings (SSSR count). The van der Waals surface area contributed by atoms with Gasteiger partial charge in [0.25, 0.3) is 0 Å². The standard InChI is InChI=1S/C10H15NO2S/c1-4-11-9-8(6-7(3)14-9)10(12)13-5-2/h6,11H,4-5H2,1-3H3. The third kappa shape index (κ3) is 2.48. The zero-order valence-corrected chi connectivity index (χ0v) is 9.53. The summed E-state index contributed by atoms with van der Waals surface area (Å²) in [4.78, 5) is 12.6. The van der Waals surface area contributed by atoms with Crippen molar-refractivity contribution in [1.29, 1.82) is 0 Å². The molecule has 1 aromatic heterocycles. The fourth-order valence-electron chi connectivity index (χ4n) is 1.17. The molecule has 0 aromatic carbocycles. The summed E-state index contributed by atoms with van der Waals surface area (Å²) < 4.78 is 4.96. The van der Waals surface area contributed by atoms with Crippen LogP contribution in [0.25, 0.3) is 0 Å². The van der Waals surface area contributed by atoms with E-state index in [9.17, 15) is 4.79 Å². The maximum atomic E-state index is 11.5. The molecule has 0 amide bonds. The van der Waals surface area contributed by atoms with Crippen LogP contribution in [-0.2, 0) is 4.74 Å². The Morgan fingerprint density at radius 1 is 1.57 bits per heavy atom. The lowest BCUT2D eigenvalue weighted by Crippen LogP contribution is -2.07. The fraction of sp³-hybridized carbons (Fsp3) is 0.500. The van der Waals surface area contributed by atoms with E-state index < -0.39 is 0 Å². The van der Waals surface area contributed by atoms with Gasteiger partial charge in [0.05, 0.1) is 12.2 Å². The van der Waals surface area contributed by atoms with E-state index in [0.29, 0.717) is 12.2 Å². The number of nitrogens with one attached hydrogen (secondary N) is 1. The number of anilines is 1. The van der Waals surface area contributed by atoms with Crippen molar-refractivity contribution in [2.75, 3.05) is 18.5 Å². The quantitative estimate of drug-likeness (QED) is 0.781. The average Bonchev–Trinajstić information content (AvgIpc) is 2.48. The zero-order valence-electron chi connectivity index (χ0n) is 8.72. The van der Waals surface area contributed by atoms with E-state index in [-0.39, 0.29) is 5.97 Å². The molecule has 3 nitrogen and oxygen atoms in total. The first-order valence-electron chi connectivity index (χ1n) is 4.70. The molecule has 1 N–H and O–H groups in total. The Balaban J connectivity index is 2.88. The Kier molecular flexibility index (Phi) is 3.95. The molecule has 0 aliphatic heterocycles. The Morgan fingerprint density at radius 3 is 2.86 bits per heavy atom. The number of thiophene rings is 1. The topological polar surface area (TPSA) is 38.3 Å². The predicted molar refractivity (Wildman–Crippen MR) is 59.2 cm³/mol. The van der Waals surface area contributed by atoms with Gasteiger partial charge in [0.15, 0.2) is 0 Å². The molecule has 0 aliphatic rings. The van der Waals surface area contributed by atoms with Crippen molar-refractivity contribution < 1.29 is 9.53 Å². The molecule has 78 valence electrons. The number of aryl methyl sites for hydroxylation is 1. The molecule has 0 saturated heterocycles. The Labute approximate surface area is 88.1 Å². The molecule has 0 fully saturated rings. The molecule has 1 heterocycles. The van der Waals surface area contributed by atoms with E-state index >= 15 is 0 Å². The van der Waals surface area contributed by atoms with Gasteiger partial charge in [-0.1, -0.05) is 0 Å². The summed E-state index contributed by atoms with van der Waals surface area (Å²) in [5.74, 6) is -0.243. The van der Waals surface area contributed by atoms with Gasteiger partial charge < -0.3 is 10.1 Å². The van der Waals surface area contributed by atoms with Crippen molar-refractivity contribution in [3.63, 3.8) is 0 Å². The van der Waals surface area contributed by atoms with Crippen LogP contribution in [0.4, 0.5) is 5.00 Å². The molecule has 14 heavy (non-hydrogen) atoms. The van der Waals surface area contributed by atoms with Gasteiger partial charge in [-0.25, -0.2) is 4.79 Å². The van der Waals surface area contributed by atoms with E-state index in [1.807, 2.05) is 26.8 Å². The second-order valence-electron chi connectivity index (χ2n) is 2.85. The van der Waals surface area contributed by atoms with Crippen LogP contribution in [0.3, 0.4) is 0 Å². The third-order valence-corrected chi connectivity index (χ3v) is 2.70. The van der Waals surface area contributed by atoms with E-state index in [2.05, 4.69) is 5.32 Å². The fourth-order valence-corrected chi connectivity index (χ4v) is 2.13. The van der Waals surface area contributed by atoms with E-state index in [1.165, 1.54) is 0 Å². The van der Waals surface area contributed by atoms with Gasteiger partial charge in [-0.3, -0.25) is 0 Å². The molecule has 0 aliphatic carbocycles. The molecule has 0 saturated carbocycles. The first-order valence-corrected chi connectivity index (χ1v) is 5.52. The number of esters is 1. The predicted octanol–water partition coefficient (Wildman–Crippen LogP) is 2.67. The lowest BCUT2D eigenvalue weighted by atomic mass is 10.3. The first kappa shape index (κ1) is 11.0. The summed E-state index contributed by atoms with van der Waals surface area (Å²) in [6.45, 7) is 7.02. The van der Waals surface area contributed by atoms with Crippen molar-refractivity contribution in [3.8, 4) is 0 Å². The average molecular weight is 213 g/mol. The van der Waals surface area contributed by atoms with Crippen molar-refractivity contribution in [3.05, 3.63) is 16.5 Å². The molecule has 0 unspecified atom stereocenters. The normalized spacial score (nSPS) is 9.93. The highest BCUT2D eigenvalue weighted by molar-refractivity contribution is 7.16. The molecule has 4 heteroatoms. The van der Waals surface area contributed by atoms with Crippen LogP contribution in [-0.4, -0.2) is 19.1 Å². The second kappa shape index (κ2) is 5.00. The number of hydrogen-bond donors (Lipinski definition) is 1. The zero-order chi connectivity index (χ0) is 10.6. The number of carbonyl (C=O) groups excluding carboxylic acids is 1. The van der Waals surface area contributed by atoms with Crippen molar-refractivity contribution >= 4 is 22.3 Å². The number of hydrogen-bond acceptors (Lipinski definition) is 4. The van der Waals surface area contributed by atoms with Crippen LogP contribution in [0.2, 0.25) is 0 Å². The summed E-state index contributed by atoms with van der Waals surface area (Å²) >= 11 is 1.58. The van der Waals surface area contributed by atoms with Crippen LogP contribution in [0.15, 0.2) is 6.07 Å². The highest BCUT2D eigenvalue weighted by Crippen LogP contribution is 2.27. The van der Waals surface area contributed by atoms with Crippen molar-refractivity contribution in [2.24, 2.45) is 0 Å². The minimum absolute atomic E-state index is 0.243. The highest BCUT2D eigenvalue weighted by atomic mass is 32.1. The highest BCUT2D eigenvalue weighted by Gasteiger charge is 2.14. The largest absolute Gasteiger partial charge is 0.462 e. The molecule has 0 spiro atoms. The van der Waals surface area contributed by atoms with Crippen LogP contribution in [0.1, 0.15) is 29.1 Å². The maximum Gasteiger partial charge on any atom is 0.341 e. The second-order valence-corrected chi connectivity index (χ2v) is 4.11. The summed E-state index contributed by atoms with van der Waals surface area (Å²) in [7, 11) is 0. The first-order chi connectivity index (χ1) is 6.69. The summed E-state index contributed by atoms with van der Waals surface area (Å²) in [5.41, 5.74) is 0.649. The lowest BCUT2D eigenvalue weighted by Gasteiger charge is -2.03. The molecule has 0 atom stereocenters. The Hall–Kier alpha value is -1.03. The van der Waals surface area contributed by atoms with Crippen LogP contribution in [0.5, 0.6) is 0 Å². The maximum absolute atomic E-state index is 11.5. The van der Waals surface area contributed by atoms with Crippen LogP contribution < -0.4 is 5.32 Å². The van der Waals surface area contributed by atoms with Gasteiger partial charge in [0, 0.05) is 11.4 Å². The number of carbonyl (C=O) groups is 1. The Bertz CT molecular complexity index is 320. The Morgan fingerprint density at radius 2 is 2.29 bits per heavy atom. The molecule has 0 bridgehead atoms. The SMILES string of the molecule is CCNc1sc(C)cc1C(=O)OCC. The van der Waals surface area contributed by atoms with Crippen molar-refractivity contribution in [1.82, 2.24) is 0 Å². The third-order valence-electron chi connectivity index (χ3n) is 1.69. The monoisotopic (exact) mass is 213 g/mol. The van der Waals surface area contributed by atoms with Crippen LogP contribution >= 0.6 is 11.3 Å². The van der Waals surface area contributed by atoms with E-state index in [1.54, 1.807) is 11.3 Å². The van der Waals surface area contributed by atoms with Gasteiger partial charge in [0.1, 0.15) is 5.00 Å². The smallest absolute Gasteiger partial charge is 0.341 e.